The summed E-state index contributed by atoms with van der Waals surface area (Å²) in [4.78, 5) is 26.5. The number of piperazine rings is 1. The van der Waals surface area contributed by atoms with Crippen molar-refractivity contribution in [1.82, 2.24) is 30.0 Å². The first-order chi connectivity index (χ1) is 20.4. The predicted octanol–water partition coefficient (Wildman–Crippen LogP) is 4.25. The van der Waals surface area contributed by atoms with Crippen molar-refractivity contribution in [2.45, 2.75) is 39.8 Å². The first kappa shape index (κ1) is 29.3. The fourth-order valence-corrected chi connectivity index (χ4v) is 5.35. The largest absolute Gasteiger partial charge is 0.494 e. The molecule has 0 spiro atoms. The molecule has 2 aromatic carbocycles. The summed E-state index contributed by atoms with van der Waals surface area (Å²) in [5, 5.41) is 8.84. The van der Waals surface area contributed by atoms with Crippen molar-refractivity contribution < 1.29 is 14.3 Å². The van der Waals surface area contributed by atoms with Gasteiger partial charge in [-0.3, -0.25) is 4.79 Å². The van der Waals surface area contributed by atoms with Gasteiger partial charge in [0, 0.05) is 37.8 Å². The topological polar surface area (TPSA) is 97.6 Å². The molecule has 0 unspecified atom stereocenters. The van der Waals surface area contributed by atoms with E-state index >= 15 is 0 Å². The number of ether oxygens (including phenoxy) is 2. The van der Waals surface area contributed by atoms with Crippen molar-refractivity contribution in [3.63, 3.8) is 0 Å². The second-order valence-corrected chi connectivity index (χ2v) is 11.0. The van der Waals surface area contributed by atoms with Crippen LogP contribution < -0.4 is 19.7 Å². The summed E-state index contributed by atoms with van der Waals surface area (Å²) >= 11 is 0. The molecule has 0 radical (unpaired) electrons. The Hall–Kier alpha value is -4.18. The third-order valence-electron chi connectivity index (χ3n) is 7.54. The Morgan fingerprint density at radius 3 is 2.50 bits per heavy atom. The average molecular weight is 572 g/mol. The molecular weight excluding hydrogens is 530 g/mol. The van der Waals surface area contributed by atoms with Gasteiger partial charge in [-0.1, -0.05) is 26.0 Å². The van der Waals surface area contributed by atoms with Crippen LogP contribution in [0, 0.1) is 5.92 Å². The van der Waals surface area contributed by atoms with Gasteiger partial charge in [0.15, 0.2) is 5.65 Å². The van der Waals surface area contributed by atoms with Crippen LogP contribution in [0.1, 0.15) is 43.1 Å². The Balaban J connectivity index is 1.19. The van der Waals surface area contributed by atoms with Gasteiger partial charge in [0.05, 0.1) is 24.7 Å². The van der Waals surface area contributed by atoms with Gasteiger partial charge >= 0.3 is 0 Å². The summed E-state index contributed by atoms with van der Waals surface area (Å²) in [6, 6.07) is 15.8. The van der Waals surface area contributed by atoms with Crippen LogP contribution in [0.25, 0.3) is 11.0 Å². The van der Waals surface area contributed by atoms with Gasteiger partial charge in [0.2, 0.25) is 0 Å². The molecule has 0 bridgehead atoms. The fourth-order valence-electron chi connectivity index (χ4n) is 5.35. The third kappa shape index (κ3) is 6.99. The van der Waals surface area contributed by atoms with Crippen molar-refractivity contribution in [1.29, 1.82) is 0 Å². The quantitative estimate of drug-likeness (QED) is 0.270. The van der Waals surface area contributed by atoms with Crippen molar-refractivity contribution in [2.75, 3.05) is 51.3 Å². The molecule has 1 N–H and O–H groups in total. The molecule has 4 aromatic rings. The lowest BCUT2D eigenvalue weighted by atomic mass is 10.0. The predicted molar refractivity (Wildman–Crippen MR) is 164 cm³/mol. The zero-order valence-corrected chi connectivity index (χ0v) is 25.0. The number of carbonyl (C=O) groups is 1. The molecule has 2 aromatic heterocycles. The molecule has 5 rings (SSSR count). The van der Waals surface area contributed by atoms with Crippen LogP contribution in [0.2, 0.25) is 0 Å². The number of nitrogens with zero attached hydrogens (tertiary/aromatic N) is 6. The van der Waals surface area contributed by atoms with Crippen molar-refractivity contribution in [2.24, 2.45) is 5.92 Å². The first-order valence-corrected chi connectivity index (χ1v) is 14.8. The molecule has 222 valence electrons. The van der Waals surface area contributed by atoms with Gasteiger partial charge in [-0.05, 0) is 68.3 Å². The number of rotatable bonds is 12. The van der Waals surface area contributed by atoms with Gasteiger partial charge in [-0.2, -0.15) is 5.10 Å². The Morgan fingerprint density at radius 1 is 1.00 bits per heavy atom. The average Bonchev–Trinajstić information content (AvgIpc) is 3.42. The molecule has 1 atom stereocenters. The van der Waals surface area contributed by atoms with E-state index in [2.05, 4.69) is 45.2 Å². The van der Waals surface area contributed by atoms with Crippen molar-refractivity contribution in [3.8, 4) is 11.5 Å². The van der Waals surface area contributed by atoms with Crippen LogP contribution in [0.15, 0.2) is 61.1 Å². The Kier molecular flexibility index (Phi) is 9.53. The summed E-state index contributed by atoms with van der Waals surface area (Å²) in [6.07, 6.45) is 4.47. The smallest absolute Gasteiger partial charge is 0.253 e. The van der Waals surface area contributed by atoms with E-state index in [9.17, 15) is 4.79 Å². The van der Waals surface area contributed by atoms with E-state index in [0.29, 0.717) is 63.5 Å². The van der Waals surface area contributed by atoms with Crippen LogP contribution >= 0.6 is 0 Å². The molecule has 42 heavy (non-hydrogen) atoms. The number of hydrogen-bond donors (Lipinski definition) is 1. The van der Waals surface area contributed by atoms with E-state index < -0.39 is 0 Å². The van der Waals surface area contributed by atoms with Gasteiger partial charge < -0.3 is 24.6 Å². The summed E-state index contributed by atoms with van der Waals surface area (Å²) < 4.78 is 13.5. The molecule has 0 aliphatic carbocycles. The number of nitrogens with one attached hydrogen (secondary N) is 1. The number of amides is 1. The minimum absolute atomic E-state index is 0.0315. The van der Waals surface area contributed by atoms with E-state index in [0.717, 1.165) is 40.3 Å². The lowest BCUT2D eigenvalue weighted by molar-refractivity contribution is 0.0746. The standard InChI is InChI=1S/C32H41N7O3/c1-5-41-28-8-6-7-24(18-28)20-39-31-29(19-36-39)30(34-22-35-31)37-13-15-38(16-14-37)32(40)25-9-11-27(12-10-25)42-21-26(33-4)17-23(2)3/h6-12,18-19,22-23,26,33H,5,13-17,20-21H2,1-4H3/t26-/m1/s1. The number of anilines is 1. The van der Waals surface area contributed by atoms with Crippen LogP contribution in [-0.2, 0) is 6.54 Å². The Morgan fingerprint density at radius 2 is 1.79 bits per heavy atom. The lowest BCUT2D eigenvalue weighted by Crippen LogP contribution is -2.49. The molecule has 1 aliphatic heterocycles. The number of carbonyl (C=O) groups excluding carboxylic acids is 1. The monoisotopic (exact) mass is 571 g/mol. The second kappa shape index (κ2) is 13.7. The normalized spacial score (nSPS) is 14.4. The summed E-state index contributed by atoms with van der Waals surface area (Å²) in [5.41, 5.74) is 2.54. The number of likely N-dealkylation sites (N-methyl/N-ethyl adjacent to an activating group) is 1. The molecule has 1 saturated heterocycles. The lowest BCUT2D eigenvalue weighted by Gasteiger charge is -2.35. The van der Waals surface area contributed by atoms with E-state index in [4.69, 9.17) is 9.47 Å². The van der Waals surface area contributed by atoms with E-state index in [-0.39, 0.29) is 5.91 Å². The maximum Gasteiger partial charge on any atom is 0.253 e. The van der Waals surface area contributed by atoms with E-state index in [1.54, 1.807) is 6.33 Å². The molecule has 3 heterocycles. The van der Waals surface area contributed by atoms with Crippen LogP contribution in [0.5, 0.6) is 11.5 Å². The number of fused-ring (bicyclic) bond motifs is 1. The molecule has 1 fully saturated rings. The van der Waals surface area contributed by atoms with E-state index in [1.165, 1.54) is 0 Å². The van der Waals surface area contributed by atoms with E-state index in [1.807, 2.05) is 72.2 Å². The van der Waals surface area contributed by atoms with Crippen LogP contribution in [0.4, 0.5) is 5.82 Å². The maximum atomic E-state index is 13.3. The molecular formula is C32H41N7O3. The summed E-state index contributed by atoms with van der Waals surface area (Å²) in [5.74, 6) is 3.09. The van der Waals surface area contributed by atoms with Crippen molar-refractivity contribution in [3.05, 3.63) is 72.2 Å². The minimum Gasteiger partial charge on any atom is -0.494 e. The molecule has 10 nitrogen and oxygen atoms in total. The maximum absolute atomic E-state index is 13.3. The highest BCUT2D eigenvalue weighted by atomic mass is 16.5. The van der Waals surface area contributed by atoms with Gasteiger partial charge in [0.25, 0.3) is 5.91 Å². The molecule has 1 aliphatic rings. The molecule has 0 saturated carbocycles. The van der Waals surface area contributed by atoms with Gasteiger partial charge in [-0.25, -0.2) is 14.6 Å². The highest BCUT2D eigenvalue weighted by molar-refractivity contribution is 5.94. The van der Waals surface area contributed by atoms with Gasteiger partial charge in [0.1, 0.15) is 30.3 Å². The number of hydrogen-bond acceptors (Lipinski definition) is 8. The molecule has 1 amide bonds. The zero-order chi connectivity index (χ0) is 29.5. The number of benzene rings is 2. The second-order valence-electron chi connectivity index (χ2n) is 11.0. The van der Waals surface area contributed by atoms with Gasteiger partial charge in [-0.15, -0.1) is 0 Å². The third-order valence-corrected chi connectivity index (χ3v) is 7.54. The first-order valence-electron chi connectivity index (χ1n) is 14.8. The summed E-state index contributed by atoms with van der Waals surface area (Å²) in [7, 11) is 1.96. The SMILES string of the molecule is CCOc1cccc(Cn2ncc3c(N4CCN(C(=O)c5ccc(OC[C@@H](CC(C)C)NC)cc5)CC4)ncnc32)c1. The molecule has 10 heteroatoms. The van der Waals surface area contributed by atoms with Crippen LogP contribution in [0.3, 0.4) is 0 Å². The highest BCUT2D eigenvalue weighted by Gasteiger charge is 2.25. The highest BCUT2D eigenvalue weighted by Crippen LogP contribution is 2.25. The Bertz CT molecular complexity index is 1460. The van der Waals surface area contributed by atoms with Crippen molar-refractivity contribution >= 4 is 22.8 Å². The Labute approximate surface area is 247 Å². The summed E-state index contributed by atoms with van der Waals surface area (Å²) in [6.45, 7) is 10.8. The zero-order valence-electron chi connectivity index (χ0n) is 25.0. The van der Waals surface area contributed by atoms with Crippen LogP contribution in [-0.4, -0.2) is 83.0 Å². The minimum atomic E-state index is 0.0315. The number of aromatic nitrogens is 4. The fraction of sp³-hybridized carbons (Fsp3) is 0.438.